The second kappa shape index (κ2) is 5.41. The summed E-state index contributed by atoms with van der Waals surface area (Å²) in [6.07, 6.45) is 2.97. The Hall–Kier alpha value is -0.940. The lowest BCUT2D eigenvalue weighted by molar-refractivity contribution is 0.175. The molecule has 1 fully saturated rings. The van der Waals surface area contributed by atoms with Crippen molar-refractivity contribution >= 4 is 0 Å². The predicted molar refractivity (Wildman–Crippen MR) is 63.2 cm³/mol. The van der Waals surface area contributed by atoms with Crippen LogP contribution in [0.3, 0.4) is 0 Å². The standard InChI is InChI=1S/C11H21N5/c1-3-6-16-9-13-14-11(16)10(2)15-7-4-12-5-8-15/h9-10,12H,3-8H2,1-2H3. The summed E-state index contributed by atoms with van der Waals surface area (Å²) >= 11 is 0. The molecule has 0 amide bonds. The molecule has 16 heavy (non-hydrogen) atoms. The molecular formula is C11H21N5. The van der Waals surface area contributed by atoms with E-state index < -0.39 is 0 Å². The van der Waals surface area contributed by atoms with Gasteiger partial charge in [-0.05, 0) is 13.3 Å². The summed E-state index contributed by atoms with van der Waals surface area (Å²) in [5.41, 5.74) is 0. The molecule has 0 spiro atoms. The number of hydrogen-bond donors (Lipinski definition) is 1. The number of nitrogens with one attached hydrogen (secondary N) is 1. The Labute approximate surface area is 96.8 Å². The van der Waals surface area contributed by atoms with Gasteiger partial charge < -0.3 is 9.88 Å². The van der Waals surface area contributed by atoms with Gasteiger partial charge in [-0.1, -0.05) is 6.92 Å². The van der Waals surface area contributed by atoms with Crippen LogP contribution < -0.4 is 5.32 Å². The number of aromatic nitrogens is 3. The SMILES string of the molecule is CCCn1cnnc1C(C)N1CCNCC1. The number of rotatable bonds is 4. The highest BCUT2D eigenvalue weighted by atomic mass is 15.3. The first-order valence-electron chi connectivity index (χ1n) is 6.15. The highest BCUT2D eigenvalue weighted by molar-refractivity contribution is 4.95. The molecule has 5 heteroatoms. The minimum absolute atomic E-state index is 0.371. The Kier molecular flexibility index (Phi) is 3.90. The molecule has 0 aliphatic carbocycles. The van der Waals surface area contributed by atoms with E-state index in [4.69, 9.17) is 0 Å². The summed E-state index contributed by atoms with van der Waals surface area (Å²) in [5, 5.41) is 11.7. The summed E-state index contributed by atoms with van der Waals surface area (Å²) in [6, 6.07) is 0.371. The van der Waals surface area contributed by atoms with Crippen LogP contribution in [0.4, 0.5) is 0 Å². The minimum atomic E-state index is 0.371. The zero-order chi connectivity index (χ0) is 11.4. The van der Waals surface area contributed by atoms with Gasteiger partial charge in [0.2, 0.25) is 0 Å². The lowest BCUT2D eigenvalue weighted by Gasteiger charge is -2.32. The van der Waals surface area contributed by atoms with Crippen molar-refractivity contribution in [2.45, 2.75) is 32.9 Å². The molecule has 90 valence electrons. The van der Waals surface area contributed by atoms with Crippen molar-refractivity contribution < 1.29 is 0 Å². The lowest BCUT2D eigenvalue weighted by atomic mass is 10.2. The molecule has 1 N–H and O–H groups in total. The largest absolute Gasteiger partial charge is 0.316 e. The quantitative estimate of drug-likeness (QED) is 0.814. The molecule has 1 aliphatic heterocycles. The Morgan fingerprint density at radius 1 is 1.44 bits per heavy atom. The van der Waals surface area contributed by atoms with Gasteiger partial charge in [0.05, 0.1) is 6.04 Å². The molecule has 1 atom stereocenters. The molecule has 1 aromatic heterocycles. The van der Waals surface area contributed by atoms with E-state index in [2.05, 4.69) is 38.8 Å². The van der Waals surface area contributed by atoms with Crippen LogP contribution in [0.2, 0.25) is 0 Å². The van der Waals surface area contributed by atoms with Crippen molar-refractivity contribution in [2.75, 3.05) is 26.2 Å². The number of aryl methyl sites for hydroxylation is 1. The number of piperazine rings is 1. The third-order valence-corrected chi connectivity index (χ3v) is 3.18. The fourth-order valence-electron chi connectivity index (χ4n) is 2.23. The van der Waals surface area contributed by atoms with Crippen LogP contribution in [0.5, 0.6) is 0 Å². The summed E-state index contributed by atoms with van der Waals surface area (Å²) in [4.78, 5) is 2.46. The van der Waals surface area contributed by atoms with Crippen LogP contribution in [-0.4, -0.2) is 45.8 Å². The van der Waals surface area contributed by atoms with E-state index in [1.165, 1.54) is 0 Å². The smallest absolute Gasteiger partial charge is 0.149 e. The third kappa shape index (κ3) is 2.41. The van der Waals surface area contributed by atoms with Crippen LogP contribution in [0.15, 0.2) is 6.33 Å². The number of hydrogen-bond acceptors (Lipinski definition) is 4. The fraction of sp³-hybridized carbons (Fsp3) is 0.818. The first kappa shape index (κ1) is 11.5. The highest BCUT2D eigenvalue weighted by Gasteiger charge is 2.21. The molecule has 1 aliphatic rings. The van der Waals surface area contributed by atoms with E-state index in [1.54, 1.807) is 0 Å². The molecule has 0 aromatic carbocycles. The zero-order valence-corrected chi connectivity index (χ0v) is 10.2. The second-order valence-corrected chi connectivity index (χ2v) is 4.34. The molecule has 5 nitrogen and oxygen atoms in total. The van der Waals surface area contributed by atoms with Crippen molar-refractivity contribution in [1.82, 2.24) is 25.0 Å². The maximum atomic E-state index is 4.26. The van der Waals surface area contributed by atoms with Crippen molar-refractivity contribution in [3.05, 3.63) is 12.2 Å². The molecule has 1 saturated heterocycles. The normalized spacial score (nSPS) is 19.9. The minimum Gasteiger partial charge on any atom is -0.316 e. The first-order valence-corrected chi connectivity index (χ1v) is 6.15. The predicted octanol–water partition coefficient (Wildman–Crippen LogP) is 0.654. The van der Waals surface area contributed by atoms with Crippen LogP contribution in [0, 0.1) is 0 Å². The van der Waals surface area contributed by atoms with E-state index in [1.807, 2.05) is 6.33 Å². The van der Waals surface area contributed by atoms with Crippen molar-refractivity contribution in [2.24, 2.45) is 0 Å². The van der Waals surface area contributed by atoms with Gasteiger partial charge in [-0.2, -0.15) is 0 Å². The van der Waals surface area contributed by atoms with E-state index in [0.29, 0.717) is 6.04 Å². The summed E-state index contributed by atoms with van der Waals surface area (Å²) in [6.45, 7) is 9.76. The molecule has 2 heterocycles. The summed E-state index contributed by atoms with van der Waals surface area (Å²) in [5.74, 6) is 1.10. The maximum Gasteiger partial charge on any atom is 0.149 e. The number of nitrogens with zero attached hydrogens (tertiary/aromatic N) is 4. The fourth-order valence-corrected chi connectivity index (χ4v) is 2.23. The van der Waals surface area contributed by atoms with Gasteiger partial charge in [0.15, 0.2) is 0 Å². The average Bonchev–Trinajstić information content (AvgIpc) is 2.78. The van der Waals surface area contributed by atoms with Gasteiger partial charge in [-0.3, -0.25) is 4.90 Å². The Balaban J connectivity index is 2.06. The molecule has 0 saturated carbocycles. The van der Waals surface area contributed by atoms with Crippen LogP contribution in [0.25, 0.3) is 0 Å². The highest BCUT2D eigenvalue weighted by Crippen LogP contribution is 2.18. The first-order chi connectivity index (χ1) is 7.83. The third-order valence-electron chi connectivity index (χ3n) is 3.18. The van der Waals surface area contributed by atoms with Gasteiger partial charge >= 0.3 is 0 Å². The summed E-state index contributed by atoms with van der Waals surface area (Å²) in [7, 11) is 0. The van der Waals surface area contributed by atoms with Gasteiger partial charge in [0.1, 0.15) is 12.2 Å². The zero-order valence-electron chi connectivity index (χ0n) is 10.2. The van der Waals surface area contributed by atoms with Gasteiger partial charge in [0.25, 0.3) is 0 Å². The Morgan fingerprint density at radius 3 is 2.88 bits per heavy atom. The molecule has 0 bridgehead atoms. The van der Waals surface area contributed by atoms with Gasteiger partial charge in [-0.15, -0.1) is 10.2 Å². The van der Waals surface area contributed by atoms with Crippen molar-refractivity contribution in [3.63, 3.8) is 0 Å². The average molecular weight is 223 g/mol. The molecule has 0 radical (unpaired) electrons. The monoisotopic (exact) mass is 223 g/mol. The maximum absolute atomic E-state index is 4.26. The van der Waals surface area contributed by atoms with Crippen molar-refractivity contribution in [3.8, 4) is 0 Å². The van der Waals surface area contributed by atoms with Crippen LogP contribution in [0.1, 0.15) is 32.1 Å². The van der Waals surface area contributed by atoms with Crippen LogP contribution >= 0.6 is 0 Å². The van der Waals surface area contributed by atoms with Gasteiger partial charge in [0, 0.05) is 32.7 Å². The van der Waals surface area contributed by atoms with E-state index in [-0.39, 0.29) is 0 Å². The van der Waals surface area contributed by atoms with Crippen LogP contribution in [-0.2, 0) is 6.54 Å². The topological polar surface area (TPSA) is 46.0 Å². The molecular weight excluding hydrogens is 202 g/mol. The molecule has 1 unspecified atom stereocenters. The Morgan fingerprint density at radius 2 is 2.19 bits per heavy atom. The second-order valence-electron chi connectivity index (χ2n) is 4.34. The molecule has 1 aromatic rings. The molecule has 2 rings (SSSR count). The summed E-state index contributed by atoms with van der Waals surface area (Å²) < 4.78 is 2.17. The van der Waals surface area contributed by atoms with Crippen molar-refractivity contribution in [1.29, 1.82) is 0 Å². The lowest BCUT2D eigenvalue weighted by Crippen LogP contribution is -2.45. The van der Waals surface area contributed by atoms with E-state index >= 15 is 0 Å². The Bertz CT molecular complexity index is 316. The van der Waals surface area contributed by atoms with E-state index in [0.717, 1.165) is 45.0 Å². The van der Waals surface area contributed by atoms with Gasteiger partial charge in [-0.25, -0.2) is 0 Å². The van der Waals surface area contributed by atoms with E-state index in [9.17, 15) is 0 Å².